The summed E-state index contributed by atoms with van der Waals surface area (Å²) in [6.07, 6.45) is 1.50. The minimum atomic E-state index is -0.406. The van der Waals surface area contributed by atoms with Crippen LogP contribution >= 0.6 is 46.5 Å². The van der Waals surface area contributed by atoms with Crippen molar-refractivity contribution >= 4 is 64.6 Å². The third kappa shape index (κ3) is 7.66. The Labute approximate surface area is 196 Å². The van der Waals surface area contributed by atoms with Crippen LogP contribution in [0.2, 0.25) is 5.02 Å². The smallest absolute Gasteiger partial charge is 0.337 e. The number of methoxy groups -OCH3 is 1. The number of nitrogens with zero attached hydrogens (tertiary/aromatic N) is 3. The lowest BCUT2D eigenvalue weighted by Crippen LogP contribution is -2.19. The molecule has 3 aromatic rings. The lowest BCUT2D eigenvalue weighted by atomic mass is 10.1. The van der Waals surface area contributed by atoms with Crippen molar-refractivity contribution < 1.29 is 14.3 Å². The van der Waals surface area contributed by atoms with E-state index in [-0.39, 0.29) is 11.7 Å². The maximum Gasteiger partial charge on any atom is 0.337 e. The molecule has 0 unspecified atom stereocenters. The molecule has 0 aliphatic carbocycles. The molecule has 0 spiro atoms. The molecule has 31 heavy (non-hydrogen) atoms. The first-order chi connectivity index (χ1) is 15.0. The number of rotatable bonds is 9. The van der Waals surface area contributed by atoms with E-state index < -0.39 is 5.97 Å². The topological polar surface area (TPSA) is 93.5 Å². The molecule has 1 aromatic heterocycles. The Morgan fingerprint density at radius 3 is 2.45 bits per heavy atom. The van der Waals surface area contributed by atoms with Crippen LogP contribution in [0.15, 0.2) is 62.3 Å². The fourth-order valence-electron chi connectivity index (χ4n) is 2.20. The van der Waals surface area contributed by atoms with Crippen molar-refractivity contribution in [3.63, 3.8) is 0 Å². The molecule has 0 radical (unpaired) electrons. The average Bonchev–Trinajstić information content (AvgIpc) is 3.25. The van der Waals surface area contributed by atoms with E-state index in [0.29, 0.717) is 10.6 Å². The standard InChI is InChI=1S/C20H17ClN4O3S3/c1-28-18(27)15-6-2-13(3-7-15)10-22-23-17(26)12-30-20-25-24-19(31-20)29-11-14-4-8-16(21)9-5-14/h2-10H,11-12H2,1H3,(H,23,26)/b22-10+. The molecule has 0 aliphatic heterocycles. The second-order valence-electron chi connectivity index (χ2n) is 5.94. The van der Waals surface area contributed by atoms with E-state index in [2.05, 4.69) is 25.5 Å². The number of aromatic nitrogens is 2. The quantitative estimate of drug-likeness (QED) is 0.203. The van der Waals surface area contributed by atoms with E-state index in [4.69, 9.17) is 11.6 Å². The molecule has 0 atom stereocenters. The second-order valence-corrected chi connectivity index (χ2v) is 9.80. The highest BCUT2D eigenvalue weighted by Gasteiger charge is 2.09. The fourth-order valence-corrected chi connectivity index (χ4v) is 5.10. The lowest BCUT2D eigenvalue weighted by Gasteiger charge is -2.00. The molecular formula is C20H17ClN4O3S3. The summed E-state index contributed by atoms with van der Waals surface area (Å²) >= 11 is 10.2. The zero-order valence-electron chi connectivity index (χ0n) is 16.3. The van der Waals surface area contributed by atoms with Gasteiger partial charge in [0.1, 0.15) is 0 Å². The van der Waals surface area contributed by atoms with Gasteiger partial charge in [-0.25, -0.2) is 10.2 Å². The van der Waals surface area contributed by atoms with Crippen LogP contribution in [0, 0.1) is 0 Å². The highest BCUT2D eigenvalue weighted by molar-refractivity contribution is 8.03. The summed E-state index contributed by atoms with van der Waals surface area (Å²) in [5, 5.41) is 12.9. The van der Waals surface area contributed by atoms with Gasteiger partial charge in [0.05, 0.1) is 24.6 Å². The van der Waals surface area contributed by atoms with E-state index in [1.165, 1.54) is 36.4 Å². The molecule has 1 heterocycles. The first kappa shape index (κ1) is 23.3. The molecular weight excluding hydrogens is 476 g/mol. The van der Waals surface area contributed by atoms with E-state index in [1.54, 1.807) is 36.0 Å². The molecule has 7 nitrogen and oxygen atoms in total. The highest BCUT2D eigenvalue weighted by Crippen LogP contribution is 2.30. The molecule has 0 fully saturated rings. The number of carbonyl (C=O) groups is 2. The summed E-state index contributed by atoms with van der Waals surface area (Å²) in [6.45, 7) is 0. The Hall–Kier alpha value is -2.40. The summed E-state index contributed by atoms with van der Waals surface area (Å²) in [7, 11) is 1.33. The summed E-state index contributed by atoms with van der Waals surface area (Å²) < 4.78 is 6.20. The molecule has 2 aromatic carbocycles. The molecule has 1 N–H and O–H groups in total. The van der Waals surface area contributed by atoms with Crippen molar-refractivity contribution in [1.82, 2.24) is 15.6 Å². The molecule has 1 amide bonds. The first-order valence-corrected chi connectivity index (χ1v) is 12.0. The maximum atomic E-state index is 12.0. The average molecular weight is 493 g/mol. The lowest BCUT2D eigenvalue weighted by molar-refractivity contribution is -0.118. The van der Waals surface area contributed by atoms with Crippen LogP contribution < -0.4 is 5.43 Å². The van der Waals surface area contributed by atoms with Crippen LogP contribution in [0.3, 0.4) is 0 Å². The third-order valence-corrected chi connectivity index (χ3v) is 7.24. The van der Waals surface area contributed by atoms with Gasteiger partial charge in [-0.15, -0.1) is 10.2 Å². The fraction of sp³-hybridized carbons (Fsp3) is 0.150. The predicted molar refractivity (Wildman–Crippen MR) is 125 cm³/mol. The largest absolute Gasteiger partial charge is 0.465 e. The van der Waals surface area contributed by atoms with Gasteiger partial charge in [-0.05, 0) is 35.4 Å². The van der Waals surface area contributed by atoms with E-state index in [9.17, 15) is 9.59 Å². The van der Waals surface area contributed by atoms with Gasteiger partial charge in [-0.2, -0.15) is 5.10 Å². The minimum absolute atomic E-state index is 0.176. The van der Waals surface area contributed by atoms with Crippen molar-refractivity contribution in [3.8, 4) is 0 Å². The third-order valence-electron chi connectivity index (χ3n) is 3.72. The van der Waals surface area contributed by atoms with Crippen molar-refractivity contribution in [1.29, 1.82) is 0 Å². The molecule has 0 saturated heterocycles. The highest BCUT2D eigenvalue weighted by atomic mass is 35.5. The maximum absolute atomic E-state index is 12.0. The van der Waals surface area contributed by atoms with Gasteiger partial charge >= 0.3 is 5.97 Å². The zero-order valence-corrected chi connectivity index (χ0v) is 19.5. The van der Waals surface area contributed by atoms with Crippen molar-refractivity contribution in [2.45, 2.75) is 14.4 Å². The van der Waals surface area contributed by atoms with Crippen molar-refractivity contribution in [2.75, 3.05) is 12.9 Å². The predicted octanol–water partition coefficient (Wildman–Crippen LogP) is 4.51. The Morgan fingerprint density at radius 1 is 1.10 bits per heavy atom. The number of nitrogens with one attached hydrogen (secondary N) is 1. The molecule has 0 saturated carbocycles. The van der Waals surface area contributed by atoms with Crippen LogP contribution in [0.4, 0.5) is 0 Å². The van der Waals surface area contributed by atoms with E-state index in [1.807, 2.05) is 24.3 Å². The number of hydrogen-bond donors (Lipinski definition) is 1. The number of thioether (sulfide) groups is 2. The number of esters is 1. The van der Waals surface area contributed by atoms with Gasteiger partial charge in [0.2, 0.25) is 0 Å². The summed E-state index contributed by atoms with van der Waals surface area (Å²) in [5.74, 6) is 0.288. The zero-order chi connectivity index (χ0) is 22.1. The normalized spacial score (nSPS) is 10.9. The Balaban J connectivity index is 1.40. The SMILES string of the molecule is COC(=O)c1ccc(/C=N/NC(=O)CSc2nnc(SCc3ccc(Cl)cc3)s2)cc1. The number of carbonyl (C=O) groups excluding carboxylic acids is 2. The van der Waals surface area contributed by atoms with Gasteiger partial charge in [0.15, 0.2) is 8.68 Å². The number of halogens is 1. The molecule has 3 rings (SSSR count). The minimum Gasteiger partial charge on any atom is -0.465 e. The Kier molecular flexibility index (Phi) is 8.89. The monoisotopic (exact) mass is 492 g/mol. The van der Waals surface area contributed by atoms with Crippen molar-refractivity contribution in [2.24, 2.45) is 5.10 Å². The van der Waals surface area contributed by atoms with E-state index in [0.717, 1.165) is 25.6 Å². The summed E-state index contributed by atoms with van der Waals surface area (Å²) in [6, 6.07) is 14.3. The number of hydrazone groups is 1. The molecule has 11 heteroatoms. The molecule has 0 bridgehead atoms. The molecule has 160 valence electrons. The van der Waals surface area contributed by atoms with Gasteiger partial charge in [-0.3, -0.25) is 4.79 Å². The number of ether oxygens (including phenoxy) is 1. The number of amides is 1. The van der Waals surface area contributed by atoms with Gasteiger partial charge in [-0.1, -0.05) is 70.7 Å². The van der Waals surface area contributed by atoms with Crippen LogP contribution in [-0.4, -0.2) is 41.2 Å². The van der Waals surface area contributed by atoms with Crippen LogP contribution in [-0.2, 0) is 15.3 Å². The second kappa shape index (κ2) is 11.8. The first-order valence-electron chi connectivity index (χ1n) is 8.87. The number of benzene rings is 2. The van der Waals surface area contributed by atoms with Crippen LogP contribution in [0.1, 0.15) is 21.5 Å². The van der Waals surface area contributed by atoms with Gasteiger partial charge in [0.25, 0.3) is 5.91 Å². The van der Waals surface area contributed by atoms with E-state index >= 15 is 0 Å². The van der Waals surface area contributed by atoms with Gasteiger partial charge in [0, 0.05) is 10.8 Å². The summed E-state index contributed by atoms with van der Waals surface area (Å²) in [4.78, 5) is 23.4. The van der Waals surface area contributed by atoms with Crippen LogP contribution in [0.5, 0.6) is 0 Å². The van der Waals surface area contributed by atoms with Crippen molar-refractivity contribution in [3.05, 3.63) is 70.2 Å². The summed E-state index contributed by atoms with van der Waals surface area (Å²) in [5.41, 5.74) is 4.81. The van der Waals surface area contributed by atoms with Gasteiger partial charge < -0.3 is 4.74 Å². The Morgan fingerprint density at radius 2 is 1.77 bits per heavy atom. The van der Waals surface area contributed by atoms with Crippen LogP contribution in [0.25, 0.3) is 0 Å². The number of hydrogen-bond acceptors (Lipinski definition) is 9. The Bertz CT molecular complexity index is 1060. The molecule has 0 aliphatic rings.